The minimum Gasteiger partial charge on any atom is -0.439 e. The molecule has 0 fully saturated rings. The molecule has 0 atom stereocenters. The van der Waals surface area contributed by atoms with E-state index in [2.05, 4.69) is 10.3 Å². The zero-order chi connectivity index (χ0) is 12.3. The van der Waals surface area contributed by atoms with Gasteiger partial charge in [0.05, 0.1) is 5.69 Å². The van der Waals surface area contributed by atoms with Crippen molar-refractivity contribution in [1.82, 2.24) is 10.3 Å². The van der Waals surface area contributed by atoms with Gasteiger partial charge in [0.1, 0.15) is 12.1 Å². The first-order chi connectivity index (χ1) is 8.19. The topological polar surface area (TPSA) is 38.1 Å². The zero-order valence-electron chi connectivity index (χ0n) is 9.66. The number of halogens is 1. The summed E-state index contributed by atoms with van der Waals surface area (Å²) in [6.07, 6.45) is 1.60. The second kappa shape index (κ2) is 5.33. The van der Waals surface area contributed by atoms with Crippen LogP contribution in [0.4, 0.5) is 4.39 Å². The normalized spacial score (nSPS) is 10.8. The number of aryl methyl sites for hydroxylation is 1. The van der Waals surface area contributed by atoms with Gasteiger partial charge in [-0.2, -0.15) is 0 Å². The molecule has 17 heavy (non-hydrogen) atoms. The lowest BCUT2D eigenvalue weighted by atomic mass is 10.2. The van der Waals surface area contributed by atoms with Gasteiger partial charge in [-0.15, -0.1) is 0 Å². The fourth-order valence-electron chi connectivity index (χ4n) is 1.45. The molecular weight excluding hydrogens is 239 g/mol. The van der Waals surface area contributed by atoms with Crippen LogP contribution in [0.1, 0.15) is 11.3 Å². The third-order valence-electron chi connectivity index (χ3n) is 2.18. The first kappa shape index (κ1) is 12.1. The molecule has 1 aromatic heterocycles. The predicted molar refractivity (Wildman–Crippen MR) is 64.5 cm³/mol. The van der Waals surface area contributed by atoms with Crippen molar-refractivity contribution in [3.63, 3.8) is 0 Å². The van der Waals surface area contributed by atoms with E-state index in [0.717, 1.165) is 16.2 Å². The molecule has 0 aliphatic carbocycles. The molecule has 0 bridgehead atoms. The Labute approximate surface area is 103 Å². The van der Waals surface area contributed by atoms with Gasteiger partial charge in [-0.3, -0.25) is 0 Å². The summed E-state index contributed by atoms with van der Waals surface area (Å²) in [4.78, 5) is 5.16. The summed E-state index contributed by atoms with van der Waals surface area (Å²) < 4.78 is 18.4. The highest BCUT2D eigenvalue weighted by atomic mass is 32.2. The van der Waals surface area contributed by atoms with Crippen LogP contribution in [0.3, 0.4) is 0 Å². The Morgan fingerprint density at radius 2 is 2.29 bits per heavy atom. The number of nitrogens with zero attached hydrogens (tertiary/aromatic N) is 1. The molecule has 2 aromatic rings. The minimum atomic E-state index is -0.233. The van der Waals surface area contributed by atoms with Crippen LogP contribution in [-0.2, 0) is 6.54 Å². The molecule has 2 rings (SSSR count). The van der Waals surface area contributed by atoms with E-state index < -0.39 is 0 Å². The number of rotatable bonds is 4. The maximum atomic E-state index is 13.1. The summed E-state index contributed by atoms with van der Waals surface area (Å²) >= 11 is 1.40. The quantitative estimate of drug-likeness (QED) is 0.907. The monoisotopic (exact) mass is 252 g/mol. The number of aromatic nitrogens is 1. The van der Waals surface area contributed by atoms with Crippen molar-refractivity contribution < 1.29 is 8.81 Å². The third-order valence-corrected chi connectivity index (χ3v) is 3.17. The maximum absolute atomic E-state index is 13.1. The van der Waals surface area contributed by atoms with E-state index >= 15 is 0 Å². The summed E-state index contributed by atoms with van der Waals surface area (Å²) in [5.41, 5.74) is 1.73. The Bertz CT molecular complexity index is 513. The molecule has 1 heterocycles. The summed E-state index contributed by atoms with van der Waals surface area (Å²) in [5, 5.41) is 3.59. The lowest BCUT2D eigenvalue weighted by Crippen LogP contribution is -2.06. The highest BCUT2D eigenvalue weighted by molar-refractivity contribution is 7.99. The van der Waals surface area contributed by atoms with E-state index in [9.17, 15) is 4.39 Å². The second-order valence-electron chi connectivity index (χ2n) is 3.64. The molecule has 3 nitrogen and oxygen atoms in total. The van der Waals surface area contributed by atoms with Crippen molar-refractivity contribution in [2.75, 3.05) is 7.05 Å². The average molecular weight is 252 g/mol. The molecule has 0 amide bonds. The highest BCUT2D eigenvalue weighted by Crippen LogP contribution is 2.30. The standard InChI is InChI=1S/C12H13FN2OS/c1-8-7-16-12(15-8)17-11-4-3-10(13)5-9(11)6-14-2/h3-5,7,14H,6H2,1-2H3. The lowest BCUT2D eigenvalue weighted by molar-refractivity contribution is 0.454. The Morgan fingerprint density at radius 1 is 1.47 bits per heavy atom. The van der Waals surface area contributed by atoms with E-state index in [4.69, 9.17) is 4.42 Å². The number of nitrogens with one attached hydrogen (secondary N) is 1. The molecule has 0 aliphatic rings. The van der Waals surface area contributed by atoms with Crippen molar-refractivity contribution in [1.29, 1.82) is 0 Å². The van der Waals surface area contributed by atoms with Crippen LogP contribution >= 0.6 is 11.8 Å². The summed E-state index contributed by atoms with van der Waals surface area (Å²) in [6.45, 7) is 2.48. The number of benzene rings is 1. The van der Waals surface area contributed by atoms with Gasteiger partial charge in [0.25, 0.3) is 5.22 Å². The van der Waals surface area contributed by atoms with E-state index in [1.165, 1.54) is 23.9 Å². The van der Waals surface area contributed by atoms with Gasteiger partial charge in [-0.25, -0.2) is 9.37 Å². The Morgan fingerprint density at radius 3 is 2.94 bits per heavy atom. The second-order valence-corrected chi connectivity index (χ2v) is 4.63. The molecule has 0 saturated heterocycles. The maximum Gasteiger partial charge on any atom is 0.260 e. The van der Waals surface area contributed by atoms with Gasteiger partial charge in [-0.05, 0) is 49.5 Å². The van der Waals surface area contributed by atoms with Crippen molar-refractivity contribution in [3.8, 4) is 0 Å². The van der Waals surface area contributed by atoms with Gasteiger partial charge in [0, 0.05) is 11.4 Å². The van der Waals surface area contributed by atoms with Crippen LogP contribution in [0, 0.1) is 12.7 Å². The van der Waals surface area contributed by atoms with Crippen molar-refractivity contribution in [2.24, 2.45) is 0 Å². The van der Waals surface area contributed by atoms with Gasteiger partial charge in [0.2, 0.25) is 0 Å². The highest BCUT2D eigenvalue weighted by Gasteiger charge is 2.09. The van der Waals surface area contributed by atoms with Crippen LogP contribution < -0.4 is 5.32 Å². The molecule has 1 N–H and O–H groups in total. The number of hydrogen-bond acceptors (Lipinski definition) is 4. The zero-order valence-corrected chi connectivity index (χ0v) is 10.5. The van der Waals surface area contributed by atoms with Crippen LogP contribution in [0.25, 0.3) is 0 Å². The lowest BCUT2D eigenvalue weighted by Gasteiger charge is -2.06. The van der Waals surface area contributed by atoms with Crippen molar-refractivity contribution in [2.45, 2.75) is 23.6 Å². The molecule has 0 unspecified atom stereocenters. The molecule has 0 radical (unpaired) electrons. The van der Waals surface area contributed by atoms with Gasteiger partial charge in [-0.1, -0.05) is 0 Å². The van der Waals surface area contributed by atoms with Gasteiger partial charge >= 0.3 is 0 Å². The van der Waals surface area contributed by atoms with Gasteiger partial charge in [0.15, 0.2) is 0 Å². The van der Waals surface area contributed by atoms with Crippen LogP contribution in [-0.4, -0.2) is 12.0 Å². The van der Waals surface area contributed by atoms with Crippen molar-refractivity contribution in [3.05, 3.63) is 41.5 Å². The van der Waals surface area contributed by atoms with Gasteiger partial charge < -0.3 is 9.73 Å². The molecule has 0 aliphatic heterocycles. The van der Waals surface area contributed by atoms with Crippen LogP contribution in [0.2, 0.25) is 0 Å². The molecule has 1 aromatic carbocycles. The minimum absolute atomic E-state index is 0.233. The first-order valence-electron chi connectivity index (χ1n) is 5.22. The van der Waals surface area contributed by atoms with Crippen molar-refractivity contribution >= 4 is 11.8 Å². The average Bonchev–Trinajstić information content (AvgIpc) is 2.69. The fourth-order valence-corrected chi connectivity index (χ4v) is 2.32. The molecule has 90 valence electrons. The van der Waals surface area contributed by atoms with E-state index in [1.807, 2.05) is 14.0 Å². The van der Waals surface area contributed by atoms with E-state index in [-0.39, 0.29) is 5.82 Å². The SMILES string of the molecule is CNCc1cc(F)ccc1Sc1nc(C)co1. The Hall–Kier alpha value is -1.33. The van der Waals surface area contributed by atoms with E-state index in [0.29, 0.717) is 11.8 Å². The molecule has 5 heteroatoms. The molecular formula is C12H13FN2OS. The summed E-state index contributed by atoms with van der Waals surface area (Å²) in [7, 11) is 1.83. The van der Waals surface area contributed by atoms with Crippen LogP contribution in [0.5, 0.6) is 0 Å². The summed E-state index contributed by atoms with van der Waals surface area (Å²) in [5.74, 6) is -0.233. The number of oxazole rings is 1. The predicted octanol–water partition coefficient (Wildman–Crippen LogP) is 2.99. The molecule has 0 saturated carbocycles. The Balaban J connectivity index is 2.25. The van der Waals surface area contributed by atoms with E-state index in [1.54, 1.807) is 12.3 Å². The largest absolute Gasteiger partial charge is 0.439 e. The van der Waals surface area contributed by atoms with Crippen LogP contribution in [0.15, 0.2) is 39.0 Å². The Kier molecular flexibility index (Phi) is 3.81. The summed E-state index contributed by atoms with van der Waals surface area (Å²) in [6, 6.07) is 4.71. The molecule has 0 spiro atoms. The smallest absolute Gasteiger partial charge is 0.260 e. The first-order valence-corrected chi connectivity index (χ1v) is 6.03. The fraction of sp³-hybridized carbons (Fsp3) is 0.250. The third kappa shape index (κ3) is 3.08. The number of hydrogen-bond donors (Lipinski definition) is 1.